The first-order valence-corrected chi connectivity index (χ1v) is 6.39. The lowest BCUT2D eigenvalue weighted by atomic mass is 10.0. The lowest BCUT2D eigenvalue weighted by Gasteiger charge is -2.14. The van der Waals surface area contributed by atoms with E-state index in [1.807, 2.05) is 0 Å². The number of benzene rings is 1. The molecule has 0 saturated heterocycles. The number of aryl methyl sites for hydroxylation is 1. The van der Waals surface area contributed by atoms with E-state index in [2.05, 4.69) is 11.6 Å². The van der Waals surface area contributed by atoms with Gasteiger partial charge < -0.3 is 15.6 Å². The number of rotatable bonds is 4. The molecule has 0 aliphatic rings. The number of carbonyl (C=O) groups is 1. The summed E-state index contributed by atoms with van der Waals surface area (Å²) >= 11 is 4.64. The number of carbonyl (C=O) groups excluding carboxylic acids is 1. The van der Waals surface area contributed by atoms with Crippen LogP contribution >= 0.6 is 11.6 Å². The van der Waals surface area contributed by atoms with Crippen molar-refractivity contribution in [3.8, 4) is 5.75 Å². The van der Waals surface area contributed by atoms with Crippen LogP contribution in [0.1, 0.15) is 30.5 Å². The van der Waals surface area contributed by atoms with Crippen molar-refractivity contribution in [1.82, 2.24) is 0 Å². The monoisotopic (exact) mass is 273 g/mol. The van der Waals surface area contributed by atoms with Crippen molar-refractivity contribution in [1.29, 1.82) is 0 Å². The number of nitrogens with two attached hydrogens (primary N) is 1. The van der Waals surface area contributed by atoms with Gasteiger partial charge in [0.15, 0.2) is 0 Å². The van der Waals surface area contributed by atoms with Gasteiger partial charge in [0.05, 0.1) is 13.0 Å². The predicted octanol–water partition coefficient (Wildman–Crippen LogP) is 2.51. The van der Waals surface area contributed by atoms with Crippen molar-refractivity contribution in [2.75, 3.05) is 13.0 Å². The van der Waals surface area contributed by atoms with Crippen molar-refractivity contribution in [2.45, 2.75) is 26.3 Å². The van der Waals surface area contributed by atoms with Crippen molar-refractivity contribution in [3.63, 3.8) is 0 Å². The van der Waals surface area contributed by atoms with Gasteiger partial charge in [0.2, 0.25) is 0 Å². The Morgan fingerprint density at radius 3 is 2.67 bits per heavy atom. The fourth-order valence-electron chi connectivity index (χ4n) is 1.49. The van der Waals surface area contributed by atoms with Gasteiger partial charge >= 0.3 is 5.97 Å². The minimum Gasteiger partial charge on any atom is -0.507 e. The van der Waals surface area contributed by atoms with E-state index >= 15 is 0 Å². The summed E-state index contributed by atoms with van der Waals surface area (Å²) in [5, 5.41) is 9.78. The first-order chi connectivity index (χ1) is 8.56. The quantitative estimate of drug-likeness (QED) is 0.653. The second-order valence-electron chi connectivity index (χ2n) is 3.63. The first-order valence-electron chi connectivity index (χ1n) is 5.63. The summed E-state index contributed by atoms with van der Waals surface area (Å²) in [6.07, 6.45) is 1.55. The van der Waals surface area contributed by atoms with E-state index in [9.17, 15) is 9.90 Å². The molecule has 1 atom stereocenters. The van der Waals surface area contributed by atoms with Gasteiger partial charge in [0.25, 0.3) is 0 Å². The summed E-state index contributed by atoms with van der Waals surface area (Å²) in [7, 11) is 0. The van der Waals surface area contributed by atoms with Gasteiger partial charge in [0.1, 0.15) is 5.75 Å². The van der Waals surface area contributed by atoms with E-state index in [-0.39, 0.29) is 18.1 Å². The summed E-state index contributed by atoms with van der Waals surface area (Å²) in [6, 6.07) is 4.77. The number of esters is 1. The third-order valence-electron chi connectivity index (χ3n) is 2.36. The average Bonchev–Trinajstić information content (AvgIpc) is 2.35. The van der Waals surface area contributed by atoms with E-state index in [4.69, 9.17) is 10.5 Å². The van der Waals surface area contributed by atoms with Crippen LogP contribution in [0.4, 0.5) is 0 Å². The lowest BCUT2D eigenvalue weighted by molar-refractivity contribution is -0.143. The minimum atomic E-state index is -0.529. The Kier molecular flexibility index (Phi) is 8.16. The number of phenolic OH excluding ortho intramolecular Hbond substituents is 1. The molecule has 0 bridgehead atoms. The Labute approximate surface area is 113 Å². The van der Waals surface area contributed by atoms with E-state index in [1.54, 1.807) is 32.0 Å². The van der Waals surface area contributed by atoms with E-state index in [0.29, 0.717) is 12.2 Å². The molecule has 0 radical (unpaired) electrons. The van der Waals surface area contributed by atoms with Crippen molar-refractivity contribution >= 4 is 17.6 Å². The average molecular weight is 274 g/mol. The molecule has 3 N–H and O–H groups in total. The number of hydrogen-bond donors (Lipinski definition) is 2. The van der Waals surface area contributed by atoms with Crippen LogP contribution in [0.3, 0.4) is 0 Å². The van der Waals surface area contributed by atoms with Crippen molar-refractivity contribution in [3.05, 3.63) is 29.3 Å². The third kappa shape index (κ3) is 4.94. The Morgan fingerprint density at radius 2 is 2.11 bits per heavy atom. The molecule has 0 aromatic heterocycles. The van der Waals surface area contributed by atoms with Crippen LogP contribution in [0.25, 0.3) is 0 Å². The maximum absolute atomic E-state index is 11.2. The highest BCUT2D eigenvalue weighted by molar-refractivity contribution is 6.15. The maximum atomic E-state index is 11.2. The molecular weight excluding hydrogens is 254 g/mol. The molecule has 0 aliphatic carbocycles. The summed E-state index contributed by atoms with van der Waals surface area (Å²) in [5.41, 5.74) is 7.16. The number of phenols is 1. The van der Waals surface area contributed by atoms with Crippen LogP contribution in [0.2, 0.25) is 0 Å². The molecule has 0 saturated carbocycles. The van der Waals surface area contributed by atoms with E-state index in [1.165, 1.54) is 6.38 Å². The van der Waals surface area contributed by atoms with Crippen LogP contribution in [-0.4, -0.2) is 24.1 Å². The number of hydrogen-bond acceptors (Lipinski definition) is 4. The smallest absolute Gasteiger partial charge is 0.307 e. The standard InChI is InChI=1S/C12H17NO3.CH3Cl/c1-3-16-11(14)7-10(13)9-6-4-5-8(2)12(9)15;1-2/h4-6,10,15H,3,7,13H2,1-2H3;1H3. The second-order valence-corrected chi connectivity index (χ2v) is 3.63. The molecule has 5 heteroatoms. The number of ether oxygens (including phenoxy) is 1. The van der Waals surface area contributed by atoms with Gasteiger partial charge in [-0.2, -0.15) is 0 Å². The normalized spacial score (nSPS) is 11.2. The number of alkyl halides is 1. The topological polar surface area (TPSA) is 72.5 Å². The van der Waals surface area contributed by atoms with Gasteiger partial charge in [0, 0.05) is 18.0 Å². The predicted molar refractivity (Wildman–Crippen MR) is 72.8 cm³/mol. The lowest BCUT2D eigenvalue weighted by Crippen LogP contribution is -2.17. The van der Waals surface area contributed by atoms with Gasteiger partial charge in [-0.15, -0.1) is 11.6 Å². The van der Waals surface area contributed by atoms with Crippen LogP contribution in [0, 0.1) is 6.92 Å². The van der Waals surface area contributed by atoms with E-state index in [0.717, 1.165) is 5.56 Å². The fourth-order valence-corrected chi connectivity index (χ4v) is 1.49. The summed E-state index contributed by atoms with van der Waals surface area (Å²) < 4.78 is 4.80. The Morgan fingerprint density at radius 1 is 1.50 bits per heavy atom. The molecule has 1 aromatic rings. The molecule has 1 unspecified atom stereocenters. The second kappa shape index (κ2) is 8.78. The number of aromatic hydroxyl groups is 1. The van der Waals surface area contributed by atoms with Crippen LogP contribution in [0.15, 0.2) is 18.2 Å². The Hall–Kier alpha value is -1.26. The molecule has 0 aliphatic heterocycles. The molecule has 0 spiro atoms. The van der Waals surface area contributed by atoms with Crippen molar-refractivity contribution in [2.24, 2.45) is 5.73 Å². The zero-order valence-electron chi connectivity index (χ0n) is 10.9. The summed E-state index contributed by atoms with van der Waals surface area (Å²) in [5.74, 6) is -0.199. The van der Waals surface area contributed by atoms with E-state index < -0.39 is 6.04 Å². The minimum absolute atomic E-state index is 0.0743. The fraction of sp³-hybridized carbons (Fsp3) is 0.462. The molecule has 18 heavy (non-hydrogen) atoms. The highest BCUT2D eigenvalue weighted by Crippen LogP contribution is 2.27. The van der Waals surface area contributed by atoms with Gasteiger partial charge in [-0.25, -0.2) is 0 Å². The highest BCUT2D eigenvalue weighted by atomic mass is 35.5. The zero-order chi connectivity index (χ0) is 14.1. The molecule has 0 amide bonds. The molecule has 4 nitrogen and oxygen atoms in total. The summed E-state index contributed by atoms with van der Waals surface area (Å²) in [4.78, 5) is 11.2. The largest absolute Gasteiger partial charge is 0.507 e. The van der Waals surface area contributed by atoms with Crippen LogP contribution < -0.4 is 5.73 Å². The van der Waals surface area contributed by atoms with Crippen molar-refractivity contribution < 1.29 is 14.6 Å². The van der Waals surface area contributed by atoms with Gasteiger partial charge in [-0.05, 0) is 19.4 Å². The molecule has 0 fully saturated rings. The van der Waals surface area contributed by atoms with Gasteiger partial charge in [-0.1, -0.05) is 18.2 Å². The molecular formula is C13H20ClNO3. The van der Waals surface area contributed by atoms with Crippen LogP contribution in [-0.2, 0) is 9.53 Å². The molecule has 102 valence electrons. The molecule has 1 rings (SSSR count). The Balaban J connectivity index is 0.00000137. The number of halogens is 1. The third-order valence-corrected chi connectivity index (χ3v) is 2.36. The molecule has 0 heterocycles. The Bertz CT molecular complexity index is 382. The number of para-hydroxylation sites is 1. The van der Waals surface area contributed by atoms with Gasteiger partial charge in [-0.3, -0.25) is 4.79 Å². The maximum Gasteiger partial charge on any atom is 0.307 e. The zero-order valence-corrected chi connectivity index (χ0v) is 11.7. The highest BCUT2D eigenvalue weighted by Gasteiger charge is 2.16. The van der Waals surface area contributed by atoms with Crippen LogP contribution in [0.5, 0.6) is 5.75 Å². The summed E-state index contributed by atoms with van der Waals surface area (Å²) in [6.45, 7) is 3.87. The molecule has 1 aromatic carbocycles. The first kappa shape index (κ1) is 16.7. The SMILES string of the molecule is CCOC(=O)CC(N)c1cccc(C)c1O.CCl.